The first-order chi connectivity index (χ1) is 10.8. The zero-order valence-corrected chi connectivity index (χ0v) is 12.7. The molecule has 1 aromatic carbocycles. The number of anilines is 1. The summed E-state index contributed by atoms with van der Waals surface area (Å²) in [5.74, 6) is 2.07. The van der Waals surface area contributed by atoms with E-state index in [1.807, 2.05) is 18.2 Å². The zero-order valence-electron chi connectivity index (χ0n) is 12.7. The fourth-order valence-corrected chi connectivity index (χ4v) is 2.77. The van der Waals surface area contributed by atoms with Crippen LogP contribution in [-0.4, -0.2) is 36.7 Å². The molecule has 2 aliphatic rings. The highest BCUT2D eigenvalue weighted by Crippen LogP contribution is 2.21. The summed E-state index contributed by atoms with van der Waals surface area (Å²) in [4.78, 5) is 7.97. The number of methoxy groups -OCH3 is 1. The van der Waals surface area contributed by atoms with Gasteiger partial charge in [-0.2, -0.15) is 0 Å². The predicted molar refractivity (Wildman–Crippen MR) is 87.6 cm³/mol. The second-order valence-corrected chi connectivity index (χ2v) is 5.37. The van der Waals surface area contributed by atoms with Crippen LogP contribution in [0.3, 0.4) is 0 Å². The maximum absolute atomic E-state index is 5.66. The van der Waals surface area contributed by atoms with Gasteiger partial charge in [0, 0.05) is 42.7 Å². The highest BCUT2D eigenvalue weighted by molar-refractivity contribution is 5.88. The molecule has 1 unspecified atom stereocenters. The van der Waals surface area contributed by atoms with E-state index >= 15 is 0 Å². The SMILES string of the molecule is C1=C2NCCC2CNC1.COc1ccc2c(N)ncnc2c1. The number of ether oxygens (including phenoxy) is 1. The maximum atomic E-state index is 5.66. The summed E-state index contributed by atoms with van der Waals surface area (Å²) < 4.78 is 5.06. The molecule has 0 amide bonds. The first kappa shape index (κ1) is 14.6. The van der Waals surface area contributed by atoms with Gasteiger partial charge in [0.1, 0.15) is 17.9 Å². The Hall–Kier alpha value is -2.34. The van der Waals surface area contributed by atoms with Gasteiger partial charge in [-0.25, -0.2) is 9.97 Å². The second-order valence-electron chi connectivity index (χ2n) is 5.37. The Balaban J connectivity index is 0.000000139. The molecule has 22 heavy (non-hydrogen) atoms. The number of nitrogens with one attached hydrogen (secondary N) is 2. The summed E-state index contributed by atoms with van der Waals surface area (Å²) in [5.41, 5.74) is 7.93. The van der Waals surface area contributed by atoms with Crippen LogP contribution in [0.2, 0.25) is 0 Å². The number of nitrogen functional groups attached to an aromatic ring is 1. The van der Waals surface area contributed by atoms with Gasteiger partial charge < -0.3 is 21.1 Å². The summed E-state index contributed by atoms with van der Waals surface area (Å²) in [6.45, 7) is 3.41. The lowest BCUT2D eigenvalue weighted by Gasteiger charge is -2.16. The van der Waals surface area contributed by atoms with Crippen LogP contribution in [0.25, 0.3) is 10.9 Å². The van der Waals surface area contributed by atoms with Crippen LogP contribution in [0.5, 0.6) is 5.75 Å². The van der Waals surface area contributed by atoms with Crippen LogP contribution < -0.4 is 21.1 Å². The fraction of sp³-hybridized carbons (Fsp3) is 0.375. The average Bonchev–Trinajstić information content (AvgIpc) is 3.04. The van der Waals surface area contributed by atoms with Crippen LogP contribution in [0.1, 0.15) is 6.42 Å². The molecule has 0 spiro atoms. The van der Waals surface area contributed by atoms with Crippen LogP contribution >= 0.6 is 0 Å². The van der Waals surface area contributed by atoms with E-state index in [9.17, 15) is 0 Å². The predicted octanol–water partition coefficient (Wildman–Crippen LogP) is 1.30. The lowest BCUT2D eigenvalue weighted by molar-refractivity contribution is 0.415. The lowest BCUT2D eigenvalue weighted by atomic mass is 10.0. The molecular formula is C16H21N5O. The molecule has 0 bridgehead atoms. The third-order valence-corrected chi connectivity index (χ3v) is 3.99. The number of hydrogen-bond acceptors (Lipinski definition) is 6. The van der Waals surface area contributed by atoms with Crippen LogP contribution in [-0.2, 0) is 0 Å². The van der Waals surface area contributed by atoms with Crippen molar-refractivity contribution in [2.24, 2.45) is 5.92 Å². The van der Waals surface area contributed by atoms with E-state index in [0.29, 0.717) is 5.82 Å². The zero-order chi connectivity index (χ0) is 15.4. The molecule has 0 radical (unpaired) electrons. The minimum absolute atomic E-state index is 0.493. The average molecular weight is 299 g/mol. The molecule has 3 heterocycles. The number of nitrogens with zero attached hydrogens (tertiary/aromatic N) is 2. The Morgan fingerprint density at radius 2 is 2.23 bits per heavy atom. The fourth-order valence-electron chi connectivity index (χ4n) is 2.77. The van der Waals surface area contributed by atoms with Gasteiger partial charge in [0.05, 0.1) is 12.6 Å². The Bertz CT molecular complexity index is 685. The largest absolute Gasteiger partial charge is 0.497 e. The molecule has 1 saturated heterocycles. The van der Waals surface area contributed by atoms with Crippen molar-refractivity contribution < 1.29 is 4.74 Å². The molecule has 0 saturated carbocycles. The van der Waals surface area contributed by atoms with E-state index in [4.69, 9.17) is 10.5 Å². The Labute approximate surface area is 129 Å². The number of benzene rings is 1. The van der Waals surface area contributed by atoms with Crippen LogP contribution in [0.15, 0.2) is 36.3 Å². The van der Waals surface area contributed by atoms with Gasteiger partial charge in [0.2, 0.25) is 0 Å². The molecule has 6 heteroatoms. The van der Waals surface area contributed by atoms with Gasteiger partial charge in [-0.15, -0.1) is 0 Å². The van der Waals surface area contributed by atoms with Gasteiger partial charge >= 0.3 is 0 Å². The summed E-state index contributed by atoms with van der Waals surface area (Å²) in [5, 5.41) is 7.57. The molecule has 4 N–H and O–H groups in total. The molecular weight excluding hydrogens is 278 g/mol. The van der Waals surface area contributed by atoms with Crippen molar-refractivity contribution in [3.05, 3.63) is 36.3 Å². The molecule has 1 atom stereocenters. The normalized spacial score (nSPS) is 19.5. The summed E-state index contributed by atoms with van der Waals surface area (Å²) in [7, 11) is 1.62. The summed E-state index contributed by atoms with van der Waals surface area (Å²) in [6, 6.07) is 5.51. The first-order valence-electron chi connectivity index (χ1n) is 7.47. The quantitative estimate of drug-likeness (QED) is 0.736. The number of rotatable bonds is 1. The monoisotopic (exact) mass is 299 g/mol. The van der Waals surface area contributed by atoms with Gasteiger partial charge in [0.25, 0.3) is 0 Å². The molecule has 2 aliphatic heterocycles. The Kier molecular flexibility index (Phi) is 4.39. The molecule has 0 aliphatic carbocycles. The van der Waals surface area contributed by atoms with E-state index in [1.54, 1.807) is 7.11 Å². The van der Waals surface area contributed by atoms with Crippen molar-refractivity contribution in [2.75, 3.05) is 32.5 Å². The van der Waals surface area contributed by atoms with Crippen LogP contribution in [0, 0.1) is 5.92 Å². The molecule has 1 aromatic heterocycles. The minimum atomic E-state index is 0.493. The molecule has 1 fully saturated rings. The number of hydrogen-bond donors (Lipinski definition) is 3. The second kappa shape index (κ2) is 6.62. The van der Waals surface area contributed by atoms with E-state index in [1.165, 1.54) is 31.5 Å². The highest BCUT2D eigenvalue weighted by atomic mass is 16.5. The van der Waals surface area contributed by atoms with Gasteiger partial charge in [-0.05, 0) is 18.6 Å². The van der Waals surface area contributed by atoms with E-state index in [2.05, 4.69) is 26.7 Å². The van der Waals surface area contributed by atoms with E-state index in [0.717, 1.165) is 29.1 Å². The molecule has 4 rings (SSSR count). The number of fused-ring (bicyclic) bond motifs is 2. The van der Waals surface area contributed by atoms with Gasteiger partial charge in [-0.1, -0.05) is 6.08 Å². The minimum Gasteiger partial charge on any atom is -0.497 e. The van der Waals surface area contributed by atoms with Crippen molar-refractivity contribution in [2.45, 2.75) is 6.42 Å². The maximum Gasteiger partial charge on any atom is 0.134 e. The Morgan fingerprint density at radius 3 is 3.05 bits per heavy atom. The summed E-state index contributed by atoms with van der Waals surface area (Å²) >= 11 is 0. The van der Waals surface area contributed by atoms with Crippen molar-refractivity contribution >= 4 is 16.7 Å². The van der Waals surface area contributed by atoms with Gasteiger partial charge in [0.15, 0.2) is 0 Å². The van der Waals surface area contributed by atoms with E-state index < -0.39 is 0 Å². The first-order valence-corrected chi connectivity index (χ1v) is 7.47. The summed E-state index contributed by atoms with van der Waals surface area (Å²) in [6.07, 6.45) is 5.02. The molecule has 2 aromatic rings. The van der Waals surface area contributed by atoms with Crippen LogP contribution in [0.4, 0.5) is 5.82 Å². The highest BCUT2D eigenvalue weighted by Gasteiger charge is 2.21. The van der Waals surface area contributed by atoms with Crippen molar-refractivity contribution in [3.8, 4) is 5.75 Å². The van der Waals surface area contributed by atoms with Gasteiger partial charge in [-0.3, -0.25) is 0 Å². The third-order valence-electron chi connectivity index (χ3n) is 3.99. The number of aromatic nitrogens is 2. The van der Waals surface area contributed by atoms with Crippen molar-refractivity contribution in [3.63, 3.8) is 0 Å². The lowest BCUT2D eigenvalue weighted by Crippen LogP contribution is -2.28. The van der Waals surface area contributed by atoms with Crippen molar-refractivity contribution in [1.82, 2.24) is 20.6 Å². The van der Waals surface area contributed by atoms with E-state index in [-0.39, 0.29) is 0 Å². The standard InChI is InChI=1S/C9H9N3O.C7H12N2/c1-13-6-2-3-7-8(4-6)11-5-12-9(7)10;1-4-9-7-2-3-8-5-6(1)7/h2-5H,1H3,(H2,10,11,12);2,6,8-9H,1,3-5H2. The smallest absolute Gasteiger partial charge is 0.134 e. The molecule has 116 valence electrons. The Morgan fingerprint density at radius 1 is 1.32 bits per heavy atom. The number of nitrogens with two attached hydrogens (primary N) is 1. The molecule has 6 nitrogen and oxygen atoms in total. The topological polar surface area (TPSA) is 85.1 Å². The van der Waals surface area contributed by atoms with Crippen molar-refractivity contribution in [1.29, 1.82) is 0 Å². The third kappa shape index (κ3) is 3.12.